The van der Waals surface area contributed by atoms with Gasteiger partial charge < -0.3 is 29.6 Å². The number of nitrogens with zero attached hydrogens (tertiary/aromatic N) is 2. The van der Waals surface area contributed by atoms with E-state index in [-0.39, 0.29) is 43.8 Å². The van der Waals surface area contributed by atoms with Crippen molar-refractivity contribution in [3.8, 4) is 17.0 Å². The topological polar surface area (TPSA) is 119 Å². The van der Waals surface area contributed by atoms with Gasteiger partial charge in [0.1, 0.15) is 16.9 Å². The number of pyridine rings is 1. The van der Waals surface area contributed by atoms with Gasteiger partial charge in [-0.05, 0) is 50.8 Å². The molecule has 1 amide bonds. The summed E-state index contributed by atoms with van der Waals surface area (Å²) >= 11 is 0. The molecule has 0 bridgehead atoms. The van der Waals surface area contributed by atoms with Crippen molar-refractivity contribution in [1.29, 1.82) is 0 Å². The van der Waals surface area contributed by atoms with Crippen molar-refractivity contribution in [3.63, 3.8) is 0 Å². The van der Waals surface area contributed by atoms with Crippen LogP contribution in [0.3, 0.4) is 0 Å². The minimum Gasteiger partial charge on any atom is -0.493 e. The van der Waals surface area contributed by atoms with Gasteiger partial charge in [0.25, 0.3) is 6.43 Å². The minimum atomic E-state index is -2.63. The summed E-state index contributed by atoms with van der Waals surface area (Å²) in [5.41, 5.74) is 0.265. The summed E-state index contributed by atoms with van der Waals surface area (Å²) in [5.74, 6) is -0.716. The number of methoxy groups -OCH3 is 1. The fraction of sp³-hybridized carbons (Fsp3) is 0.552. The van der Waals surface area contributed by atoms with Crippen LogP contribution in [0.2, 0.25) is 0 Å². The lowest BCUT2D eigenvalue weighted by atomic mass is 9.93. The molecule has 12 heteroatoms. The summed E-state index contributed by atoms with van der Waals surface area (Å²) in [6, 6.07) is 5.13. The van der Waals surface area contributed by atoms with Gasteiger partial charge in [-0.3, -0.25) is 9.47 Å². The van der Waals surface area contributed by atoms with Crippen LogP contribution in [0.5, 0.6) is 5.75 Å². The van der Waals surface area contributed by atoms with Gasteiger partial charge in [0, 0.05) is 36.9 Å². The molecule has 0 unspecified atom stereocenters. The lowest BCUT2D eigenvalue weighted by Crippen LogP contribution is -2.52. The standard InChI is InChI=1S/C29H37F2N3O7/c1-5-7-28(2,3)34-15-18-13-24(40-10-6-11-41-27(38)32-29(8-9-29)26(30)31)19(17-39-4)12-20(18)22-14-23(35)21(25(36)37)16-33(22)34/h12-14,16,26H,5-11,15,17H2,1-4H3,(H,32,38)(H,36,37). The largest absolute Gasteiger partial charge is 0.493 e. The van der Waals surface area contributed by atoms with Gasteiger partial charge in [-0.2, -0.15) is 0 Å². The lowest BCUT2D eigenvalue weighted by Gasteiger charge is -2.45. The summed E-state index contributed by atoms with van der Waals surface area (Å²) in [5, 5.41) is 13.9. The van der Waals surface area contributed by atoms with E-state index in [1.165, 1.54) is 12.3 Å². The number of benzene rings is 1. The van der Waals surface area contributed by atoms with Crippen LogP contribution in [0.1, 0.15) is 74.4 Å². The first-order valence-electron chi connectivity index (χ1n) is 13.7. The molecule has 1 fully saturated rings. The normalized spacial score (nSPS) is 15.2. The molecule has 1 aromatic heterocycles. The molecular weight excluding hydrogens is 540 g/mol. The predicted molar refractivity (Wildman–Crippen MR) is 147 cm³/mol. The zero-order valence-corrected chi connectivity index (χ0v) is 23.8. The van der Waals surface area contributed by atoms with Crippen LogP contribution in [0.4, 0.5) is 13.6 Å². The van der Waals surface area contributed by atoms with Gasteiger partial charge in [0.2, 0.25) is 0 Å². The maximum atomic E-state index is 13.0. The highest BCUT2D eigenvalue weighted by Crippen LogP contribution is 2.41. The summed E-state index contributed by atoms with van der Waals surface area (Å²) in [6.07, 6.45) is 0.428. The quantitative estimate of drug-likeness (QED) is 0.330. The summed E-state index contributed by atoms with van der Waals surface area (Å²) in [6.45, 7) is 7.08. The molecule has 0 atom stereocenters. The smallest absolute Gasteiger partial charge is 0.407 e. The minimum absolute atomic E-state index is 0.00308. The third-order valence-electron chi connectivity index (χ3n) is 7.60. The van der Waals surface area contributed by atoms with Crippen molar-refractivity contribution in [2.45, 2.75) is 83.5 Å². The monoisotopic (exact) mass is 577 g/mol. The van der Waals surface area contributed by atoms with Crippen LogP contribution in [0.25, 0.3) is 11.3 Å². The number of rotatable bonds is 13. The summed E-state index contributed by atoms with van der Waals surface area (Å²) in [7, 11) is 1.55. The summed E-state index contributed by atoms with van der Waals surface area (Å²) in [4.78, 5) is 36.4. The van der Waals surface area contributed by atoms with Crippen molar-refractivity contribution in [2.24, 2.45) is 0 Å². The molecule has 41 heavy (non-hydrogen) atoms. The number of alkyl halides is 2. The van der Waals surface area contributed by atoms with Gasteiger partial charge in [0.05, 0.1) is 37.6 Å². The van der Waals surface area contributed by atoms with Crippen molar-refractivity contribution in [3.05, 3.63) is 51.3 Å². The zero-order valence-electron chi connectivity index (χ0n) is 23.8. The number of alkyl carbamates (subject to hydrolysis) is 1. The lowest BCUT2D eigenvalue weighted by molar-refractivity contribution is 0.0694. The van der Waals surface area contributed by atoms with Crippen LogP contribution >= 0.6 is 0 Å². The van der Waals surface area contributed by atoms with E-state index in [9.17, 15) is 28.3 Å². The van der Waals surface area contributed by atoms with Crippen molar-refractivity contribution in [2.75, 3.05) is 25.3 Å². The molecule has 224 valence electrons. The van der Waals surface area contributed by atoms with E-state index in [0.29, 0.717) is 24.4 Å². The molecule has 2 aliphatic rings. The van der Waals surface area contributed by atoms with Crippen LogP contribution in [0, 0.1) is 0 Å². The third kappa shape index (κ3) is 6.47. The number of nitrogens with one attached hydrogen (secondary N) is 1. The number of hydrogen-bond acceptors (Lipinski definition) is 7. The van der Waals surface area contributed by atoms with E-state index in [0.717, 1.165) is 29.5 Å². The zero-order chi connectivity index (χ0) is 29.9. The number of aromatic nitrogens is 1. The molecule has 0 radical (unpaired) electrons. The second-order valence-corrected chi connectivity index (χ2v) is 11.2. The number of amides is 1. The van der Waals surface area contributed by atoms with Gasteiger partial charge >= 0.3 is 12.1 Å². The Bertz CT molecular complexity index is 1350. The van der Waals surface area contributed by atoms with Crippen LogP contribution in [0.15, 0.2) is 29.2 Å². The van der Waals surface area contributed by atoms with E-state index < -0.39 is 29.5 Å². The Morgan fingerprint density at radius 3 is 2.54 bits per heavy atom. The van der Waals surface area contributed by atoms with Gasteiger partial charge in [-0.25, -0.2) is 18.4 Å². The summed E-state index contributed by atoms with van der Waals surface area (Å²) < 4.78 is 44.3. The number of carboxylic acid groups (broad SMARTS) is 1. The fourth-order valence-corrected chi connectivity index (χ4v) is 5.19. The maximum Gasteiger partial charge on any atom is 0.407 e. The van der Waals surface area contributed by atoms with Crippen LogP contribution in [-0.4, -0.2) is 59.7 Å². The first-order chi connectivity index (χ1) is 19.4. The molecule has 2 aromatic rings. The molecule has 1 aliphatic carbocycles. The highest BCUT2D eigenvalue weighted by Gasteiger charge is 2.52. The van der Waals surface area contributed by atoms with E-state index in [1.54, 1.807) is 11.8 Å². The molecule has 10 nitrogen and oxygen atoms in total. The highest BCUT2D eigenvalue weighted by atomic mass is 19.3. The molecule has 0 spiro atoms. The SMILES string of the molecule is CCCC(C)(C)N1Cc2cc(OCCCOC(=O)NC3(C(F)F)CC3)c(COC)cc2-c2cc(=O)c(C(=O)O)cn21. The van der Waals surface area contributed by atoms with Crippen molar-refractivity contribution in [1.82, 2.24) is 9.99 Å². The molecule has 1 aromatic carbocycles. The highest BCUT2D eigenvalue weighted by molar-refractivity contribution is 5.88. The van der Waals surface area contributed by atoms with Gasteiger partial charge in [-0.15, -0.1) is 0 Å². The number of aromatic carboxylic acids is 1. The van der Waals surface area contributed by atoms with Crippen molar-refractivity contribution < 1.29 is 37.7 Å². The first-order valence-corrected chi connectivity index (χ1v) is 13.7. The Morgan fingerprint density at radius 1 is 1.20 bits per heavy atom. The van der Waals surface area contributed by atoms with Crippen molar-refractivity contribution >= 4 is 12.1 Å². The van der Waals surface area contributed by atoms with E-state index >= 15 is 0 Å². The van der Waals surface area contributed by atoms with E-state index in [1.807, 2.05) is 12.1 Å². The Hall–Kier alpha value is -3.67. The Labute approximate surface area is 237 Å². The number of fused-ring (bicyclic) bond motifs is 3. The molecule has 2 N–H and O–H groups in total. The second-order valence-electron chi connectivity index (χ2n) is 11.2. The van der Waals surface area contributed by atoms with E-state index in [2.05, 4.69) is 31.1 Å². The molecule has 2 heterocycles. The molecule has 1 aliphatic heterocycles. The molecule has 0 saturated heterocycles. The van der Waals surface area contributed by atoms with Gasteiger partial charge in [-0.1, -0.05) is 13.3 Å². The maximum absolute atomic E-state index is 13.0. The Kier molecular flexibility index (Phi) is 8.91. The molecule has 1 saturated carbocycles. The average Bonchev–Trinajstić information content (AvgIpc) is 3.68. The molecular formula is C29H37F2N3O7. The van der Waals surface area contributed by atoms with Crippen LogP contribution in [-0.2, 0) is 22.6 Å². The Balaban J connectivity index is 1.55. The predicted octanol–water partition coefficient (Wildman–Crippen LogP) is 4.68. The molecule has 4 rings (SSSR count). The number of ether oxygens (including phenoxy) is 3. The fourth-order valence-electron chi connectivity index (χ4n) is 5.19. The number of carbonyl (C=O) groups is 2. The van der Waals surface area contributed by atoms with Crippen LogP contribution < -0.4 is 20.5 Å². The van der Waals surface area contributed by atoms with E-state index in [4.69, 9.17) is 14.2 Å². The van der Waals surface area contributed by atoms with Gasteiger partial charge in [0.15, 0.2) is 5.43 Å². The Morgan fingerprint density at radius 2 is 1.93 bits per heavy atom. The number of hydrogen-bond donors (Lipinski definition) is 2. The number of halogens is 2. The third-order valence-corrected chi connectivity index (χ3v) is 7.60. The average molecular weight is 578 g/mol. The second kappa shape index (κ2) is 12.1. The first kappa shape index (κ1) is 30.3. The number of carboxylic acids is 1. The number of carbonyl (C=O) groups excluding carboxylic acids is 1.